The lowest BCUT2D eigenvalue weighted by Gasteiger charge is -2.40. The molecule has 2 heterocycles. The first-order valence-electron chi connectivity index (χ1n) is 7.21. The molecule has 0 N–H and O–H groups in total. The summed E-state index contributed by atoms with van der Waals surface area (Å²) in [5.41, 5.74) is 1.24. The van der Waals surface area contributed by atoms with Gasteiger partial charge in [0.25, 0.3) is 0 Å². The first-order valence-corrected chi connectivity index (χ1v) is 7.21. The molecule has 2 aliphatic rings. The monoisotopic (exact) mass is 262 g/mol. The van der Waals surface area contributed by atoms with Gasteiger partial charge in [0.05, 0.1) is 6.10 Å². The van der Waals surface area contributed by atoms with Gasteiger partial charge in [-0.25, -0.2) is 4.39 Å². The van der Waals surface area contributed by atoms with Crippen LogP contribution in [0.2, 0.25) is 0 Å². The quantitative estimate of drug-likeness (QED) is 0.812. The van der Waals surface area contributed by atoms with E-state index >= 15 is 0 Å². The molecule has 3 unspecified atom stereocenters. The summed E-state index contributed by atoms with van der Waals surface area (Å²) in [6.07, 6.45) is 4.09. The number of hydrogen-bond acceptors (Lipinski definition) is 2. The highest BCUT2D eigenvalue weighted by molar-refractivity contribution is 5.18. The second-order valence-electron chi connectivity index (χ2n) is 5.48. The zero-order chi connectivity index (χ0) is 13.1. The van der Waals surface area contributed by atoms with E-state index in [4.69, 9.17) is 4.74 Å². The van der Waals surface area contributed by atoms with Gasteiger partial charge in [-0.15, -0.1) is 0 Å². The van der Waals surface area contributed by atoms with Gasteiger partial charge in [-0.2, -0.15) is 0 Å². The molecule has 1 aromatic rings. The van der Waals surface area contributed by atoms with Crippen LogP contribution in [0.1, 0.15) is 30.9 Å². The van der Waals surface area contributed by atoms with Crippen molar-refractivity contribution in [2.24, 2.45) is 0 Å². The van der Waals surface area contributed by atoms with E-state index in [1.165, 1.54) is 5.56 Å². The van der Waals surface area contributed by atoms with Crippen molar-refractivity contribution < 1.29 is 9.13 Å². The fourth-order valence-corrected chi connectivity index (χ4v) is 3.15. The lowest BCUT2D eigenvalue weighted by atomic mass is 9.94. The lowest BCUT2D eigenvalue weighted by Crippen LogP contribution is -2.46. The average Bonchev–Trinajstić information content (AvgIpc) is 2.48. The van der Waals surface area contributed by atoms with E-state index in [2.05, 4.69) is 29.2 Å². The lowest BCUT2D eigenvalue weighted by molar-refractivity contribution is -0.0351. The van der Waals surface area contributed by atoms with Crippen LogP contribution < -0.4 is 0 Å². The number of hydrogen-bond donors (Lipinski definition) is 0. The third-order valence-corrected chi connectivity index (χ3v) is 4.19. The van der Waals surface area contributed by atoms with Crippen molar-refractivity contribution in [1.82, 2.24) is 4.90 Å². The highest BCUT2D eigenvalue weighted by Gasteiger charge is 2.31. The molecule has 2 aliphatic heterocycles. The maximum absolute atomic E-state index is 13.5. The SMILES string of the molecule is FC1[CH]CCN(C2CCOC(c3ccccc3)C2)C1. The summed E-state index contributed by atoms with van der Waals surface area (Å²) in [7, 11) is 0. The zero-order valence-electron chi connectivity index (χ0n) is 11.2. The maximum Gasteiger partial charge on any atom is 0.116 e. The summed E-state index contributed by atoms with van der Waals surface area (Å²) in [6, 6.07) is 10.8. The number of rotatable bonds is 2. The van der Waals surface area contributed by atoms with E-state index in [1.807, 2.05) is 6.07 Å². The minimum Gasteiger partial charge on any atom is -0.373 e. The Morgan fingerprint density at radius 3 is 2.84 bits per heavy atom. The molecule has 1 radical (unpaired) electrons. The van der Waals surface area contributed by atoms with Crippen molar-refractivity contribution in [2.75, 3.05) is 19.7 Å². The van der Waals surface area contributed by atoms with Crippen molar-refractivity contribution in [1.29, 1.82) is 0 Å². The van der Waals surface area contributed by atoms with Gasteiger partial charge in [-0.1, -0.05) is 30.3 Å². The molecule has 3 heteroatoms. The minimum absolute atomic E-state index is 0.170. The molecule has 0 aromatic heterocycles. The van der Waals surface area contributed by atoms with E-state index in [0.717, 1.165) is 32.4 Å². The Hall–Kier alpha value is -0.930. The normalized spacial score (nSPS) is 33.2. The summed E-state index contributed by atoms with van der Waals surface area (Å²) >= 11 is 0. The minimum atomic E-state index is -0.758. The van der Waals surface area contributed by atoms with E-state index in [-0.39, 0.29) is 6.10 Å². The van der Waals surface area contributed by atoms with Crippen LogP contribution in [0.5, 0.6) is 0 Å². The van der Waals surface area contributed by atoms with Gasteiger partial charge in [0.15, 0.2) is 0 Å². The Kier molecular flexibility index (Phi) is 4.14. The van der Waals surface area contributed by atoms with Crippen molar-refractivity contribution >= 4 is 0 Å². The van der Waals surface area contributed by atoms with Gasteiger partial charge in [0, 0.05) is 19.2 Å². The molecule has 0 spiro atoms. The fourth-order valence-electron chi connectivity index (χ4n) is 3.15. The third-order valence-electron chi connectivity index (χ3n) is 4.19. The van der Waals surface area contributed by atoms with Crippen molar-refractivity contribution in [3.63, 3.8) is 0 Å². The molecule has 19 heavy (non-hydrogen) atoms. The topological polar surface area (TPSA) is 12.5 Å². The number of alkyl halides is 1. The zero-order valence-corrected chi connectivity index (χ0v) is 11.2. The second-order valence-corrected chi connectivity index (χ2v) is 5.48. The molecule has 0 aliphatic carbocycles. The van der Waals surface area contributed by atoms with Gasteiger partial charge in [-0.05, 0) is 37.8 Å². The predicted octanol–water partition coefficient (Wildman–Crippen LogP) is 3.15. The summed E-state index contributed by atoms with van der Waals surface area (Å²) < 4.78 is 19.4. The van der Waals surface area contributed by atoms with Crippen LogP contribution in [0, 0.1) is 6.42 Å². The van der Waals surface area contributed by atoms with Gasteiger partial charge < -0.3 is 4.74 Å². The number of likely N-dealkylation sites (tertiary alicyclic amines) is 1. The number of halogens is 1. The van der Waals surface area contributed by atoms with E-state index in [1.54, 1.807) is 6.42 Å². The van der Waals surface area contributed by atoms with Crippen LogP contribution >= 0.6 is 0 Å². The molecule has 3 rings (SSSR count). The standard InChI is InChI=1S/C16H21FNO/c17-14-7-4-9-18(12-14)15-8-10-19-16(11-15)13-5-2-1-3-6-13/h1-3,5-7,14-16H,4,8-12H2. The molecule has 3 atom stereocenters. The van der Waals surface area contributed by atoms with Crippen molar-refractivity contribution in [2.45, 2.75) is 37.6 Å². The van der Waals surface area contributed by atoms with Crippen LogP contribution in [0.25, 0.3) is 0 Å². The van der Waals surface area contributed by atoms with Crippen LogP contribution in [0.4, 0.5) is 4.39 Å². The number of benzene rings is 1. The van der Waals surface area contributed by atoms with E-state index < -0.39 is 6.17 Å². The largest absolute Gasteiger partial charge is 0.373 e. The molecule has 0 amide bonds. The van der Waals surface area contributed by atoms with Gasteiger partial charge in [0.1, 0.15) is 6.17 Å². The Morgan fingerprint density at radius 1 is 1.21 bits per heavy atom. The molecule has 103 valence electrons. The molecule has 2 nitrogen and oxygen atoms in total. The summed E-state index contributed by atoms with van der Waals surface area (Å²) in [5, 5.41) is 0. The van der Waals surface area contributed by atoms with Crippen LogP contribution in [-0.2, 0) is 4.74 Å². The fraction of sp³-hybridized carbons (Fsp3) is 0.562. The Morgan fingerprint density at radius 2 is 2.05 bits per heavy atom. The average molecular weight is 262 g/mol. The van der Waals surface area contributed by atoms with E-state index in [9.17, 15) is 4.39 Å². The Bertz CT molecular complexity index is 397. The number of nitrogens with zero attached hydrogens (tertiary/aromatic N) is 1. The van der Waals surface area contributed by atoms with Gasteiger partial charge in [0.2, 0.25) is 0 Å². The molecular weight excluding hydrogens is 241 g/mol. The third kappa shape index (κ3) is 3.15. The molecule has 2 fully saturated rings. The highest BCUT2D eigenvalue weighted by atomic mass is 19.1. The molecule has 1 aromatic carbocycles. The van der Waals surface area contributed by atoms with Crippen LogP contribution in [0.15, 0.2) is 30.3 Å². The molecule has 2 saturated heterocycles. The summed E-state index contributed by atoms with van der Waals surface area (Å²) in [6.45, 7) is 2.33. The molecule has 0 bridgehead atoms. The van der Waals surface area contributed by atoms with Crippen LogP contribution in [0.3, 0.4) is 0 Å². The maximum atomic E-state index is 13.5. The van der Waals surface area contributed by atoms with Gasteiger partial charge >= 0.3 is 0 Å². The number of piperidine rings is 1. The second kappa shape index (κ2) is 6.02. The Labute approximate surface area is 114 Å². The van der Waals surface area contributed by atoms with E-state index in [0.29, 0.717) is 12.6 Å². The van der Waals surface area contributed by atoms with Crippen LogP contribution in [-0.4, -0.2) is 36.8 Å². The van der Waals surface area contributed by atoms with Crippen molar-refractivity contribution in [3.8, 4) is 0 Å². The summed E-state index contributed by atoms with van der Waals surface area (Å²) in [5.74, 6) is 0. The van der Waals surface area contributed by atoms with Crippen molar-refractivity contribution in [3.05, 3.63) is 42.3 Å². The smallest absolute Gasteiger partial charge is 0.116 e. The predicted molar refractivity (Wildman–Crippen MR) is 73.5 cm³/mol. The Balaban J connectivity index is 1.64. The first-order chi connectivity index (χ1) is 9.33. The first kappa shape index (κ1) is 13.1. The number of ether oxygens (including phenoxy) is 1. The molecule has 0 saturated carbocycles. The summed E-state index contributed by atoms with van der Waals surface area (Å²) in [4.78, 5) is 2.31. The highest BCUT2D eigenvalue weighted by Crippen LogP contribution is 2.31. The molecular formula is C16H21FNO. The van der Waals surface area contributed by atoms with Gasteiger partial charge in [-0.3, -0.25) is 4.90 Å².